The molecule has 1 amide bonds. The van der Waals surface area contributed by atoms with E-state index >= 15 is 0 Å². The third kappa shape index (κ3) is 3.55. The zero-order valence-electron chi connectivity index (χ0n) is 11.2. The lowest BCUT2D eigenvalue weighted by Crippen LogP contribution is -2.28. The van der Waals surface area contributed by atoms with Crippen LogP contribution >= 0.6 is 0 Å². The molecule has 1 aliphatic rings. The Bertz CT molecular complexity index is 434. The second-order valence-corrected chi connectivity index (χ2v) is 5.16. The fraction of sp³-hybridized carbons (Fsp3) is 0.533. The molecular weight excluding hydrogens is 240 g/mol. The first kappa shape index (κ1) is 14.0. The van der Waals surface area contributed by atoms with Crippen molar-refractivity contribution >= 4 is 5.91 Å². The molecule has 1 saturated heterocycles. The van der Waals surface area contributed by atoms with E-state index in [1.54, 1.807) is 0 Å². The summed E-state index contributed by atoms with van der Waals surface area (Å²) in [6.45, 7) is 2.36. The van der Waals surface area contributed by atoms with Crippen molar-refractivity contribution in [3.05, 3.63) is 35.4 Å². The molecular formula is C15H22N2O2. The Morgan fingerprint density at radius 1 is 1.47 bits per heavy atom. The molecule has 0 bridgehead atoms. The SMILES string of the molecule is NCCc1cccc(C(=O)N2CCC(CCO)C2)c1. The van der Waals surface area contributed by atoms with Crippen LogP contribution in [0.3, 0.4) is 0 Å². The van der Waals surface area contributed by atoms with Gasteiger partial charge in [-0.1, -0.05) is 12.1 Å². The van der Waals surface area contributed by atoms with Gasteiger partial charge in [0.1, 0.15) is 0 Å². The first-order chi connectivity index (χ1) is 9.24. The number of nitrogens with zero attached hydrogens (tertiary/aromatic N) is 1. The minimum absolute atomic E-state index is 0.0966. The van der Waals surface area contributed by atoms with E-state index in [0.29, 0.717) is 12.5 Å². The molecule has 0 aromatic heterocycles. The van der Waals surface area contributed by atoms with E-state index in [9.17, 15) is 4.79 Å². The van der Waals surface area contributed by atoms with Crippen molar-refractivity contribution in [3.8, 4) is 0 Å². The molecule has 19 heavy (non-hydrogen) atoms. The number of carbonyl (C=O) groups excluding carboxylic acids is 1. The number of rotatable bonds is 5. The van der Waals surface area contributed by atoms with Crippen LogP contribution in [0.4, 0.5) is 0 Å². The van der Waals surface area contributed by atoms with Gasteiger partial charge in [0.25, 0.3) is 5.91 Å². The summed E-state index contributed by atoms with van der Waals surface area (Å²) in [5, 5.41) is 8.95. The first-order valence-electron chi connectivity index (χ1n) is 6.93. The second-order valence-electron chi connectivity index (χ2n) is 5.16. The summed E-state index contributed by atoms with van der Waals surface area (Å²) in [7, 11) is 0. The first-order valence-corrected chi connectivity index (χ1v) is 6.93. The predicted molar refractivity (Wildman–Crippen MR) is 74.9 cm³/mol. The standard InChI is InChI=1S/C15H22N2O2/c16-7-4-12-2-1-3-14(10-12)15(19)17-8-5-13(11-17)6-9-18/h1-3,10,13,18H,4-9,11,16H2. The highest BCUT2D eigenvalue weighted by molar-refractivity contribution is 5.94. The molecule has 1 unspecified atom stereocenters. The largest absolute Gasteiger partial charge is 0.396 e. The summed E-state index contributed by atoms with van der Waals surface area (Å²) in [4.78, 5) is 14.3. The van der Waals surface area contributed by atoms with Gasteiger partial charge in [0.2, 0.25) is 0 Å². The normalized spacial score (nSPS) is 18.8. The second kappa shape index (κ2) is 6.68. The van der Waals surface area contributed by atoms with Gasteiger partial charge < -0.3 is 15.7 Å². The van der Waals surface area contributed by atoms with E-state index < -0.39 is 0 Å². The lowest BCUT2D eigenvalue weighted by atomic mass is 10.1. The third-order valence-electron chi connectivity index (χ3n) is 3.72. The highest BCUT2D eigenvalue weighted by atomic mass is 16.3. The predicted octanol–water partition coefficient (Wildman–Crippen LogP) is 1.03. The number of benzene rings is 1. The Labute approximate surface area is 114 Å². The van der Waals surface area contributed by atoms with E-state index in [1.165, 1.54) is 0 Å². The van der Waals surface area contributed by atoms with Crippen LogP contribution < -0.4 is 5.73 Å². The molecule has 1 heterocycles. The maximum Gasteiger partial charge on any atom is 0.253 e. The minimum Gasteiger partial charge on any atom is -0.396 e. The summed E-state index contributed by atoms with van der Waals surface area (Å²) in [5.74, 6) is 0.542. The van der Waals surface area contributed by atoms with Gasteiger partial charge in [-0.05, 0) is 49.4 Å². The van der Waals surface area contributed by atoms with Gasteiger partial charge in [-0.25, -0.2) is 0 Å². The van der Waals surface area contributed by atoms with E-state index in [4.69, 9.17) is 10.8 Å². The van der Waals surface area contributed by atoms with Gasteiger partial charge >= 0.3 is 0 Å². The molecule has 3 N–H and O–H groups in total. The number of hydrogen-bond acceptors (Lipinski definition) is 3. The Morgan fingerprint density at radius 2 is 2.32 bits per heavy atom. The van der Waals surface area contributed by atoms with E-state index in [2.05, 4.69) is 0 Å². The summed E-state index contributed by atoms with van der Waals surface area (Å²) < 4.78 is 0. The quantitative estimate of drug-likeness (QED) is 0.833. The lowest BCUT2D eigenvalue weighted by molar-refractivity contribution is 0.0784. The summed E-state index contributed by atoms with van der Waals surface area (Å²) >= 11 is 0. The number of carbonyl (C=O) groups is 1. The lowest BCUT2D eigenvalue weighted by Gasteiger charge is -2.17. The molecule has 0 aliphatic carbocycles. The number of hydrogen-bond donors (Lipinski definition) is 2. The Balaban J connectivity index is 2.01. The smallest absolute Gasteiger partial charge is 0.253 e. The van der Waals surface area contributed by atoms with Crippen LogP contribution in [0, 0.1) is 5.92 Å². The molecule has 0 radical (unpaired) electrons. The van der Waals surface area contributed by atoms with Crippen molar-refractivity contribution < 1.29 is 9.90 Å². The molecule has 1 aromatic rings. The van der Waals surface area contributed by atoms with Gasteiger partial charge in [0.05, 0.1) is 0 Å². The van der Waals surface area contributed by atoms with Crippen LogP contribution in [-0.4, -0.2) is 42.2 Å². The maximum atomic E-state index is 12.4. The van der Waals surface area contributed by atoms with E-state index in [0.717, 1.165) is 43.5 Å². The summed E-state index contributed by atoms with van der Waals surface area (Å²) in [6.07, 6.45) is 2.58. The zero-order chi connectivity index (χ0) is 13.7. The highest BCUT2D eigenvalue weighted by Crippen LogP contribution is 2.21. The molecule has 104 valence electrons. The van der Waals surface area contributed by atoms with Crippen molar-refractivity contribution in [2.75, 3.05) is 26.2 Å². The van der Waals surface area contributed by atoms with Crippen molar-refractivity contribution in [1.82, 2.24) is 4.90 Å². The monoisotopic (exact) mass is 262 g/mol. The molecule has 4 nitrogen and oxygen atoms in total. The minimum atomic E-state index is 0.0966. The van der Waals surface area contributed by atoms with Gasteiger partial charge in [-0.3, -0.25) is 4.79 Å². The summed E-state index contributed by atoms with van der Waals surface area (Å²) in [5.41, 5.74) is 7.40. The topological polar surface area (TPSA) is 66.6 Å². The molecule has 1 aromatic carbocycles. The number of likely N-dealkylation sites (tertiary alicyclic amines) is 1. The zero-order valence-corrected chi connectivity index (χ0v) is 11.2. The molecule has 1 fully saturated rings. The van der Waals surface area contributed by atoms with Gasteiger partial charge in [-0.15, -0.1) is 0 Å². The summed E-state index contributed by atoms with van der Waals surface area (Å²) in [6, 6.07) is 7.72. The van der Waals surface area contributed by atoms with E-state index in [-0.39, 0.29) is 12.5 Å². The van der Waals surface area contributed by atoms with Gasteiger partial charge in [-0.2, -0.15) is 0 Å². The molecule has 1 atom stereocenters. The fourth-order valence-corrected chi connectivity index (χ4v) is 2.64. The van der Waals surface area contributed by atoms with Gasteiger partial charge in [0, 0.05) is 25.3 Å². The number of aliphatic hydroxyl groups excluding tert-OH is 1. The molecule has 4 heteroatoms. The molecule has 1 aliphatic heterocycles. The average molecular weight is 262 g/mol. The Hall–Kier alpha value is -1.39. The highest BCUT2D eigenvalue weighted by Gasteiger charge is 2.26. The average Bonchev–Trinajstić information content (AvgIpc) is 2.88. The number of amides is 1. The van der Waals surface area contributed by atoms with Crippen LogP contribution in [0.25, 0.3) is 0 Å². The molecule has 0 spiro atoms. The fourth-order valence-electron chi connectivity index (χ4n) is 2.64. The van der Waals surface area contributed by atoms with Crippen LogP contribution in [0.5, 0.6) is 0 Å². The van der Waals surface area contributed by atoms with Crippen LogP contribution in [0.1, 0.15) is 28.8 Å². The van der Waals surface area contributed by atoms with Crippen molar-refractivity contribution in [2.24, 2.45) is 11.7 Å². The van der Waals surface area contributed by atoms with Crippen molar-refractivity contribution in [1.29, 1.82) is 0 Å². The van der Waals surface area contributed by atoms with Crippen LogP contribution in [0.15, 0.2) is 24.3 Å². The maximum absolute atomic E-state index is 12.4. The van der Waals surface area contributed by atoms with Crippen LogP contribution in [0.2, 0.25) is 0 Å². The van der Waals surface area contributed by atoms with Crippen molar-refractivity contribution in [2.45, 2.75) is 19.3 Å². The van der Waals surface area contributed by atoms with Gasteiger partial charge in [0.15, 0.2) is 0 Å². The molecule has 0 saturated carbocycles. The van der Waals surface area contributed by atoms with Crippen LogP contribution in [-0.2, 0) is 6.42 Å². The van der Waals surface area contributed by atoms with E-state index in [1.807, 2.05) is 29.2 Å². The number of nitrogens with two attached hydrogens (primary N) is 1. The number of aliphatic hydroxyl groups is 1. The third-order valence-corrected chi connectivity index (χ3v) is 3.72. The van der Waals surface area contributed by atoms with Crippen molar-refractivity contribution in [3.63, 3.8) is 0 Å². The molecule has 2 rings (SSSR count). The Morgan fingerprint density at radius 3 is 3.05 bits per heavy atom. The Kier molecular flexibility index (Phi) is 4.93.